The second kappa shape index (κ2) is 10.4. The number of amides is 2. The Kier molecular flexibility index (Phi) is 7.35. The van der Waals surface area contributed by atoms with Crippen LogP contribution in [-0.4, -0.2) is 90.3 Å². The van der Waals surface area contributed by atoms with Crippen molar-refractivity contribution in [2.75, 3.05) is 63.8 Å². The van der Waals surface area contributed by atoms with Crippen LogP contribution in [0.3, 0.4) is 0 Å². The summed E-state index contributed by atoms with van der Waals surface area (Å²) in [6.07, 6.45) is 0. The van der Waals surface area contributed by atoms with Gasteiger partial charge in [0, 0.05) is 58.4 Å². The van der Waals surface area contributed by atoms with Crippen LogP contribution >= 0.6 is 0 Å². The number of hydrogen-bond donors (Lipinski definition) is 0. The molecule has 0 radical (unpaired) electrons. The minimum absolute atomic E-state index is 0.0663. The van der Waals surface area contributed by atoms with E-state index in [0.29, 0.717) is 64.6 Å². The minimum atomic E-state index is -0.591. The summed E-state index contributed by atoms with van der Waals surface area (Å²) in [6.45, 7) is 8.99. The first-order valence-corrected chi connectivity index (χ1v) is 12.1. The average molecular weight is 480 g/mol. The van der Waals surface area contributed by atoms with Gasteiger partial charge in [-0.1, -0.05) is 42.5 Å². The third kappa shape index (κ3) is 5.45. The Hall–Kier alpha value is -3.46. The van der Waals surface area contributed by atoms with Gasteiger partial charge < -0.3 is 14.7 Å². The maximum absolute atomic E-state index is 13.2. The average Bonchev–Trinajstić information content (AvgIpc) is 2.89. The van der Waals surface area contributed by atoms with Gasteiger partial charge in [-0.2, -0.15) is 0 Å². The molecule has 2 fully saturated rings. The topological polar surface area (TPSA) is 90.2 Å². The van der Waals surface area contributed by atoms with E-state index in [4.69, 9.17) is 0 Å². The fourth-order valence-corrected chi connectivity index (χ4v) is 4.86. The van der Waals surface area contributed by atoms with E-state index in [9.17, 15) is 19.7 Å². The van der Waals surface area contributed by atoms with Crippen LogP contribution in [0, 0.1) is 10.1 Å². The van der Waals surface area contributed by atoms with Crippen molar-refractivity contribution in [3.63, 3.8) is 0 Å². The molecule has 2 heterocycles. The van der Waals surface area contributed by atoms with E-state index in [2.05, 4.69) is 4.90 Å². The molecule has 0 unspecified atom stereocenters. The van der Waals surface area contributed by atoms with E-state index in [1.807, 2.05) is 58.9 Å². The first kappa shape index (κ1) is 24.7. The molecule has 2 aromatic carbocycles. The highest BCUT2D eigenvalue weighted by molar-refractivity contribution is 5.87. The molecule has 0 aromatic heterocycles. The van der Waals surface area contributed by atoms with Crippen LogP contribution in [0.15, 0.2) is 54.6 Å². The van der Waals surface area contributed by atoms with Crippen LogP contribution < -0.4 is 4.90 Å². The van der Waals surface area contributed by atoms with Crippen molar-refractivity contribution < 1.29 is 14.5 Å². The van der Waals surface area contributed by atoms with Crippen LogP contribution in [0.1, 0.15) is 19.4 Å². The van der Waals surface area contributed by atoms with Crippen LogP contribution in [0.25, 0.3) is 0 Å². The van der Waals surface area contributed by atoms with Gasteiger partial charge in [0.15, 0.2) is 0 Å². The number of piperazine rings is 2. The third-order valence-electron chi connectivity index (χ3n) is 7.10. The van der Waals surface area contributed by atoms with Gasteiger partial charge in [-0.05, 0) is 25.5 Å². The smallest absolute Gasteiger partial charge is 0.292 e. The molecule has 4 rings (SSSR count). The van der Waals surface area contributed by atoms with Crippen LogP contribution in [0.4, 0.5) is 11.4 Å². The number of rotatable bonds is 6. The Balaban J connectivity index is 1.26. The van der Waals surface area contributed by atoms with Crippen molar-refractivity contribution in [2.24, 2.45) is 0 Å². The number of anilines is 1. The maximum atomic E-state index is 13.2. The second-order valence-corrected chi connectivity index (χ2v) is 9.67. The van der Waals surface area contributed by atoms with Gasteiger partial charge in [-0.25, -0.2) is 0 Å². The van der Waals surface area contributed by atoms with Crippen molar-refractivity contribution in [3.05, 3.63) is 70.3 Å². The molecule has 2 aromatic rings. The summed E-state index contributed by atoms with van der Waals surface area (Å²) in [5.74, 6) is 0.178. The predicted molar refractivity (Wildman–Crippen MR) is 134 cm³/mol. The van der Waals surface area contributed by atoms with Crippen molar-refractivity contribution in [2.45, 2.75) is 19.3 Å². The van der Waals surface area contributed by atoms with Gasteiger partial charge in [0.25, 0.3) is 5.69 Å². The fourth-order valence-electron chi connectivity index (χ4n) is 4.86. The molecule has 0 saturated carbocycles. The van der Waals surface area contributed by atoms with Crippen molar-refractivity contribution >= 4 is 23.2 Å². The molecule has 2 amide bonds. The molecule has 35 heavy (non-hydrogen) atoms. The summed E-state index contributed by atoms with van der Waals surface area (Å²) < 4.78 is 0. The van der Waals surface area contributed by atoms with E-state index in [0.717, 1.165) is 5.56 Å². The normalized spacial score (nSPS) is 17.4. The van der Waals surface area contributed by atoms with E-state index in [1.165, 1.54) is 6.07 Å². The molecule has 0 atom stereocenters. The molecule has 9 nitrogen and oxygen atoms in total. The Morgan fingerprint density at radius 2 is 1.40 bits per heavy atom. The van der Waals surface area contributed by atoms with Gasteiger partial charge in [-0.15, -0.1) is 0 Å². The Bertz CT molecular complexity index is 1060. The number of nitrogens with zero attached hydrogens (tertiary/aromatic N) is 5. The largest absolute Gasteiger partial charge is 0.362 e. The summed E-state index contributed by atoms with van der Waals surface area (Å²) in [6, 6.07) is 16.6. The summed E-state index contributed by atoms with van der Waals surface area (Å²) >= 11 is 0. The lowest BCUT2D eigenvalue weighted by atomic mass is 9.83. The number of carbonyl (C=O) groups is 2. The molecule has 186 valence electrons. The number of nitro groups is 1. The number of hydrogen-bond acceptors (Lipinski definition) is 6. The van der Waals surface area contributed by atoms with E-state index in [-0.39, 0.29) is 22.4 Å². The molecular formula is C26H33N5O4. The quantitative estimate of drug-likeness (QED) is 0.467. The van der Waals surface area contributed by atoms with Crippen LogP contribution in [-0.2, 0) is 15.0 Å². The maximum Gasteiger partial charge on any atom is 0.292 e. The highest BCUT2D eigenvalue weighted by Crippen LogP contribution is 2.29. The van der Waals surface area contributed by atoms with Gasteiger partial charge >= 0.3 is 0 Å². The first-order chi connectivity index (χ1) is 16.8. The zero-order chi connectivity index (χ0) is 25.0. The van der Waals surface area contributed by atoms with Gasteiger partial charge in [0.2, 0.25) is 11.8 Å². The lowest BCUT2D eigenvalue weighted by Crippen LogP contribution is -2.56. The predicted octanol–water partition coefficient (Wildman–Crippen LogP) is 2.37. The SMILES string of the molecule is CC(C)(C(=O)N1CCN(CC(=O)N2CCN(c3ccccc3[N+](=O)[O-])CC2)CC1)c1ccccc1. The minimum Gasteiger partial charge on any atom is -0.362 e. The molecule has 0 N–H and O–H groups in total. The second-order valence-electron chi connectivity index (χ2n) is 9.67. The van der Waals surface area contributed by atoms with E-state index in [1.54, 1.807) is 18.2 Å². The Morgan fingerprint density at radius 1 is 0.829 bits per heavy atom. The molecule has 2 aliphatic heterocycles. The third-order valence-corrected chi connectivity index (χ3v) is 7.10. The molecule has 2 saturated heterocycles. The van der Waals surface area contributed by atoms with E-state index >= 15 is 0 Å². The molecule has 2 aliphatic rings. The van der Waals surface area contributed by atoms with Gasteiger partial charge in [0.1, 0.15) is 5.69 Å². The van der Waals surface area contributed by atoms with E-state index < -0.39 is 5.41 Å². The van der Waals surface area contributed by atoms with Gasteiger partial charge in [0.05, 0.1) is 16.9 Å². The molecular weight excluding hydrogens is 446 g/mol. The highest BCUT2D eigenvalue weighted by atomic mass is 16.6. The summed E-state index contributed by atoms with van der Waals surface area (Å²) in [7, 11) is 0. The molecule has 0 spiro atoms. The zero-order valence-electron chi connectivity index (χ0n) is 20.4. The monoisotopic (exact) mass is 479 g/mol. The Labute approximate surface area is 206 Å². The molecule has 0 aliphatic carbocycles. The number of nitro benzene ring substituents is 1. The Morgan fingerprint density at radius 3 is 2.03 bits per heavy atom. The zero-order valence-corrected chi connectivity index (χ0v) is 20.4. The number of benzene rings is 2. The lowest BCUT2D eigenvalue weighted by Gasteiger charge is -2.40. The van der Waals surface area contributed by atoms with Gasteiger partial charge in [-0.3, -0.25) is 24.6 Å². The molecule has 0 bridgehead atoms. The lowest BCUT2D eigenvalue weighted by molar-refractivity contribution is -0.384. The summed E-state index contributed by atoms with van der Waals surface area (Å²) in [5, 5.41) is 11.3. The summed E-state index contributed by atoms with van der Waals surface area (Å²) in [4.78, 5) is 44.9. The van der Waals surface area contributed by atoms with Crippen LogP contribution in [0.5, 0.6) is 0 Å². The van der Waals surface area contributed by atoms with Crippen molar-refractivity contribution in [1.82, 2.24) is 14.7 Å². The fraction of sp³-hybridized carbons (Fsp3) is 0.462. The number of carbonyl (C=O) groups excluding carboxylic acids is 2. The number of para-hydroxylation sites is 2. The summed E-state index contributed by atoms with van der Waals surface area (Å²) in [5.41, 5.74) is 1.11. The standard InChI is InChI=1S/C26H33N5O4/c1-26(2,21-8-4-3-5-9-21)25(33)30-14-12-27(13-15-30)20-24(32)29-18-16-28(17-19-29)22-10-6-7-11-23(22)31(34)35/h3-11H,12-20H2,1-2H3. The van der Waals surface area contributed by atoms with Crippen molar-refractivity contribution in [1.29, 1.82) is 0 Å². The molecule has 9 heteroatoms. The van der Waals surface area contributed by atoms with Crippen molar-refractivity contribution in [3.8, 4) is 0 Å². The first-order valence-electron chi connectivity index (χ1n) is 12.1. The highest BCUT2D eigenvalue weighted by Gasteiger charge is 2.35. The van der Waals surface area contributed by atoms with Crippen LogP contribution in [0.2, 0.25) is 0 Å².